The molecule has 1 fully saturated rings. The second-order valence-electron chi connectivity index (χ2n) is 9.72. The van der Waals surface area contributed by atoms with Crippen molar-refractivity contribution in [3.8, 4) is 0 Å². The van der Waals surface area contributed by atoms with E-state index in [4.69, 9.17) is 4.74 Å². The Bertz CT molecular complexity index is 1180. The quantitative estimate of drug-likeness (QED) is 0.333. The number of nitrogens with zero attached hydrogens (tertiary/aromatic N) is 2. The second kappa shape index (κ2) is 12.9. The van der Waals surface area contributed by atoms with E-state index in [-0.39, 0.29) is 30.0 Å². The van der Waals surface area contributed by atoms with E-state index in [1.807, 2.05) is 24.1 Å². The molecule has 0 radical (unpaired) electrons. The van der Waals surface area contributed by atoms with Gasteiger partial charge >= 0.3 is 12.4 Å². The first-order valence-corrected chi connectivity index (χ1v) is 12.2. The van der Waals surface area contributed by atoms with E-state index in [0.717, 1.165) is 18.5 Å². The van der Waals surface area contributed by atoms with Gasteiger partial charge in [0.05, 0.1) is 24.3 Å². The summed E-state index contributed by atoms with van der Waals surface area (Å²) in [6.45, 7) is 1.30. The van der Waals surface area contributed by atoms with Crippen LogP contribution in [0.1, 0.15) is 41.0 Å². The summed E-state index contributed by atoms with van der Waals surface area (Å²) < 4.78 is 92.6. The SMILES string of the molecule is CN(CC1COCC(c2ccc(F)cc2)C1)C1=CC(=O)CC1O.O=NCc1cc(C(F)(F)F)cc(C(F)(F)F)c1. The molecule has 40 heavy (non-hydrogen) atoms. The molecule has 2 aliphatic rings. The Balaban J connectivity index is 0.000000232. The number of carbonyl (C=O) groups excluding carboxylic acids is 1. The van der Waals surface area contributed by atoms with E-state index in [2.05, 4.69) is 5.18 Å². The number of ether oxygens (including phenoxy) is 1. The van der Waals surface area contributed by atoms with Crippen LogP contribution in [0.4, 0.5) is 30.7 Å². The van der Waals surface area contributed by atoms with Gasteiger partial charge < -0.3 is 14.7 Å². The molecule has 2 aromatic carbocycles. The number of allylic oxidation sites excluding steroid dienone is 1. The molecular formula is C27H27F7N2O4. The lowest BCUT2D eigenvalue weighted by molar-refractivity contribution is -0.143. The third-order valence-electron chi connectivity index (χ3n) is 6.54. The Kier molecular flexibility index (Phi) is 10.1. The minimum atomic E-state index is -4.90. The van der Waals surface area contributed by atoms with E-state index >= 15 is 0 Å². The van der Waals surface area contributed by atoms with Gasteiger partial charge in [-0.3, -0.25) is 4.79 Å². The lowest BCUT2D eigenvalue weighted by Crippen LogP contribution is -2.35. The summed E-state index contributed by atoms with van der Waals surface area (Å²) in [6.07, 6.45) is -7.83. The van der Waals surface area contributed by atoms with Crippen LogP contribution in [0.25, 0.3) is 0 Å². The summed E-state index contributed by atoms with van der Waals surface area (Å²) in [7, 11) is 1.90. The molecule has 0 aromatic heterocycles. The molecule has 3 atom stereocenters. The highest BCUT2D eigenvalue weighted by Gasteiger charge is 2.37. The van der Waals surface area contributed by atoms with Gasteiger partial charge in [-0.1, -0.05) is 17.3 Å². The number of halogens is 7. The van der Waals surface area contributed by atoms with E-state index in [1.165, 1.54) is 18.2 Å². The van der Waals surface area contributed by atoms with Gasteiger partial charge in [0, 0.05) is 43.6 Å². The lowest BCUT2D eigenvalue weighted by Gasteiger charge is -2.34. The van der Waals surface area contributed by atoms with E-state index in [9.17, 15) is 45.5 Å². The standard InChI is InChI=1S/C18H22FNO3.C9H5F6NO/c1-20(17-7-16(21)8-18(17)22)9-12-6-14(11-23-10-12)13-2-4-15(19)5-3-13;10-8(11,12)6-1-5(4-16-17)2-7(3-6)9(13,14)15/h2-5,7,12,14,18,22H,6,8-11H2,1H3;1-3H,4H2. The van der Waals surface area contributed by atoms with Crippen LogP contribution in [-0.4, -0.2) is 48.7 Å². The molecule has 1 N–H and O–H groups in total. The van der Waals surface area contributed by atoms with Gasteiger partial charge in [-0.05, 0) is 47.9 Å². The maximum absolute atomic E-state index is 13.0. The number of likely N-dealkylation sites (N-methyl/N-ethyl adjacent to an activating group) is 1. The third kappa shape index (κ3) is 8.59. The van der Waals surface area contributed by atoms with E-state index < -0.39 is 41.7 Å². The number of aliphatic hydroxyl groups is 1. The first-order chi connectivity index (χ1) is 18.7. The van der Waals surface area contributed by atoms with Crippen molar-refractivity contribution >= 4 is 5.78 Å². The highest BCUT2D eigenvalue weighted by molar-refractivity contribution is 5.93. The Hall–Kier alpha value is -3.32. The zero-order valence-electron chi connectivity index (χ0n) is 21.3. The van der Waals surface area contributed by atoms with Crippen LogP contribution in [0.5, 0.6) is 0 Å². The van der Waals surface area contributed by atoms with Gasteiger partial charge in [0.25, 0.3) is 0 Å². The smallest absolute Gasteiger partial charge is 0.386 e. The predicted octanol–water partition coefficient (Wildman–Crippen LogP) is 6.09. The number of alkyl halides is 6. The number of rotatable bonds is 6. The minimum absolute atomic E-state index is 0.00565. The molecule has 0 bridgehead atoms. The fourth-order valence-corrected chi connectivity index (χ4v) is 4.67. The number of nitroso groups, excluding NO2 is 1. The number of hydrogen-bond acceptors (Lipinski definition) is 6. The number of ketones is 1. The molecule has 13 heteroatoms. The summed E-state index contributed by atoms with van der Waals surface area (Å²) in [6, 6.07) is 7.53. The molecule has 1 heterocycles. The van der Waals surface area contributed by atoms with Crippen molar-refractivity contribution in [1.82, 2.24) is 4.90 Å². The topological polar surface area (TPSA) is 79.2 Å². The van der Waals surface area contributed by atoms with Crippen molar-refractivity contribution in [1.29, 1.82) is 0 Å². The maximum atomic E-state index is 13.0. The normalized spacial score (nSPS) is 21.4. The van der Waals surface area contributed by atoms with Gasteiger partial charge in [-0.15, -0.1) is 0 Å². The fraction of sp³-hybridized carbons (Fsp3) is 0.444. The lowest BCUT2D eigenvalue weighted by atomic mass is 9.87. The number of hydrogen-bond donors (Lipinski definition) is 1. The molecule has 218 valence electrons. The van der Waals surface area contributed by atoms with Crippen LogP contribution in [0.3, 0.4) is 0 Å². The molecule has 2 aromatic rings. The molecule has 1 aliphatic heterocycles. The van der Waals surface area contributed by atoms with E-state index in [1.54, 1.807) is 0 Å². The molecule has 3 unspecified atom stereocenters. The van der Waals surface area contributed by atoms with Crippen LogP contribution in [0.15, 0.2) is 59.4 Å². The summed E-state index contributed by atoms with van der Waals surface area (Å²) >= 11 is 0. The molecule has 1 saturated heterocycles. The molecule has 6 nitrogen and oxygen atoms in total. The van der Waals surface area contributed by atoms with Gasteiger partial charge in [-0.2, -0.15) is 31.2 Å². The molecular weight excluding hydrogens is 549 g/mol. The summed E-state index contributed by atoms with van der Waals surface area (Å²) in [5.74, 6) is 0.316. The second-order valence-corrected chi connectivity index (χ2v) is 9.72. The van der Waals surface area contributed by atoms with Gasteiger partial charge in [0.15, 0.2) is 5.78 Å². The summed E-state index contributed by atoms with van der Waals surface area (Å²) in [5, 5.41) is 12.2. The van der Waals surface area contributed by atoms with Crippen molar-refractivity contribution in [2.45, 2.75) is 43.8 Å². The third-order valence-corrected chi connectivity index (χ3v) is 6.54. The average Bonchev–Trinajstić information content (AvgIpc) is 3.22. The Morgan fingerprint density at radius 3 is 2.10 bits per heavy atom. The largest absolute Gasteiger partial charge is 0.416 e. The Morgan fingerprint density at radius 2 is 1.60 bits per heavy atom. The van der Waals surface area contributed by atoms with Crippen LogP contribution in [0, 0.1) is 16.6 Å². The zero-order chi connectivity index (χ0) is 29.7. The number of aliphatic hydroxyl groups excluding tert-OH is 1. The molecule has 0 saturated carbocycles. The van der Waals surface area contributed by atoms with Crippen LogP contribution < -0.4 is 0 Å². The average molecular weight is 577 g/mol. The minimum Gasteiger partial charge on any atom is -0.386 e. The first kappa shape index (κ1) is 31.2. The van der Waals surface area contributed by atoms with E-state index in [0.29, 0.717) is 37.0 Å². The van der Waals surface area contributed by atoms with Crippen molar-refractivity contribution in [3.63, 3.8) is 0 Å². The highest BCUT2D eigenvalue weighted by atomic mass is 19.4. The molecule has 4 rings (SSSR count). The predicted molar refractivity (Wildman–Crippen MR) is 130 cm³/mol. The monoisotopic (exact) mass is 576 g/mol. The van der Waals surface area contributed by atoms with Crippen molar-refractivity contribution in [3.05, 3.63) is 87.2 Å². The van der Waals surface area contributed by atoms with Gasteiger partial charge in [0.1, 0.15) is 18.5 Å². The fourth-order valence-electron chi connectivity index (χ4n) is 4.67. The van der Waals surface area contributed by atoms with Crippen LogP contribution in [0.2, 0.25) is 0 Å². The summed E-state index contributed by atoms with van der Waals surface area (Å²) in [5.41, 5.74) is -1.55. The van der Waals surface area contributed by atoms with Crippen molar-refractivity contribution < 1.29 is 45.4 Å². The molecule has 1 aliphatic carbocycles. The molecule has 0 spiro atoms. The molecule has 0 amide bonds. The maximum Gasteiger partial charge on any atom is 0.416 e. The first-order valence-electron chi connectivity index (χ1n) is 12.2. The van der Waals surface area contributed by atoms with Gasteiger partial charge in [0.2, 0.25) is 0 Å². The van der Waals surface area contributed by atoms with Crippen LogP contribution in [-0.2, 0) is 28.4 Å². The van der Waals surface area contributed by atoms with Crippen LogP contribution >= 0.6 is 0 Å². The van der Waals surface area contributed by atoms with Crippen molar-refractivity contribution in [2.75, 3.05) is 26.8 Å². The number of carbonyl (C=O) groups is 1. The zero-order valence-corrected chi connectivity index (χ0v) is 21.3. The Labute approximate surface area is 225 Å². The van der Waals surface area contributed by atoms with Gasteiger partial charge in [-0.25, -0.2) is 4.39 Å². The summed E-state index contributed by atoms with van der Waals surface area (Å²) in [4.78, 5) is 23.2. The van der Waals surface area contributed by atoms with Crippen molar-refractivity contribution in [2.24, 2.45) is 11.1 Å². The highest BCUT2D eigenvalue weighted by Crippen LogP contribution is 2.36. The Morgan fingerprint density at radius 1 is 1.00 bits per heavy atom. The number of benzene rings is 2.